The van der Waals surface area contributed by atoms with Crippen LogP contribution >= 0.6 is 0 Å². The van der Waals surface area contributed by atoms with Crippen LogP contribution in [0.2, 0.25) is 0 Å². The summed E-state index contributed by atoms with van der Waals surface area (Å²) in [5.41, 5.74) is 0.720. The smallest absolute Gasteiger partial charge is 0.179 e. The zero-order valence-corrected chi connectivity index (χ0v) is 15.9. The SMILES string of the molecule is C=Cc1ccc(S(=O)(=O)CCS(=O)(=O)CC(O)CS(=O)(=O)C=C)cc1. The van der Waals surface area contributed by atoms with Crippen LogP contribution in [0.1, 0.15) is 5.56 Å². The van der Waals surface area contributed by atoms with E-state index in [4.69, 9.17) is 0 Å². The Bertz CT molecular complexity index is 925. The van der Waals surface area contributed by atoms with Crippen LogP contribution in [-0.4, -0.2) is 59.5 Å². The zero-order valence-electron chi connectivity index (χ0n) is 13.4. The molecule has 0 radical (unpaired) electrons. The maximum Gasteiger partial charge on any atom is 0.179 e. The van der Waals surface area contributed by atoms with Crippen LogP contribution in [0.15, 0.2) is 47.7 Å². The number of hydrogen-bond acceptors (Lipinski definition) is 7. The number of hydrogen-bond donors (Lipinski definition) is 1. The van der Waals surface area contributed by atoms with Crippen molar-refractivity contribution >= 4 is 35.6 Å². The van der Waals surface area contributed by atoms with Gasteiger partial charge in [-0.25, -0.2) is 25.3 Å². The Morgan fingerprint density at radius 1 is 0.920 bits per heavy atom. The third kappa shape index (κ3) is 7.10. The van der Waals surface area contributed by atoms with Crippen molar-refractivity contribution in [1.82, 2.24) is 0 Å². The molecular weight excluding hydrogens is 388 g/mol. The Labute approximate surface area is 148 Å². The third-order valence-electron chi connectivity index (χ3n) is 3.26. The van der Waals surface area contributed by atoms with Gasteiger partial charge in [0.15, 0.2) is 29.5 Å². The molecule has 0 aliphatic carbocycles. The van der Waals surface area contributed by atoms with E-state index in [-0.39, 0.29) is 4.90 Å². The van der Waals surface area contributed by atoms with Crippen molar-refractivity contribution in [3.63, 3.8) is 0 Å². The molecule has 1 rings (SSSR count). The van der Waals surface area contributed by atoms with Gasteiger partial charge in [0.25, 0.3) is 0 Å². The first-order valence-electron chi connectivity index (χ1n) is 7.10. The highest BCUT2D eigenvalue weighted by Crippen LogP contribution is 2.14. The lowest BCUT2D eigenvalue weighted by atomic mass is 10.2. The van der Waals surface area contributed by atoms with Crippen molar-refractivity contribution in [1.29, 1.82) is 0 Å². The largest absolute Gasteiger partial charge is 0.391 e. The normalized spacial score (nSPS) is 14.0. The molecule has 0 spiro atoms. The van der Waals surface area contributed by atoms with Crippen LogP contribution < -0.4 is 0 Å². The van der Waals surface area contributed by atoms with Gasteiger partial charge in [0, 0.05) is 5.41 Å². The lowest BCUT2D eigenvalue weighted by molar-refractivity contribution is 0.220. The van der Waals surface area contributed by atoms with Crippen molar-refractivity contribution in [3.8, 4) is 0 Å². The molecule has 0 aliphatic heterocycles. The molecular formula is C15H20O7S3. The second-order valence-electron chi connectivity index (χ2n) is 5.36. The molecule has 0 heterocycles. The van der Waals surface area contributed by atoms with E-state index in [2.05, 4.69) is 13.2 Å². The minimum Gasteiger partial charge on any atom is -0.391 e. The third-order valence-corrected chi connectivity index (χ3v) is 8.33. The maximum atomic E-state index is 12.2. The van der Waals surface area contributed by atoms with E-state index in [1.54, 1.807) is 6.08 Å². The highest BCUT2D eigenvalue weighted by molar-refractivity contribution is 7.95. The molecule has 0 bridgehead atoms. The monoisotopic (exact) mass is 408 g/mol. The van der Waals surface area contributed by atoms with Gasteiger partial charge in [0.1, 0.15) is 0 Å². The summed E-state index contributed by atoms with van der Waals surface area (Å²) in [6.07, 6.45) is -0.109. The van der Waals surface area contributed by atoms with E-state index in [0.29, 0.717) is 5.41 Å². The predicted octanol–water partition coefficient (Wildman–Crippen LogP) is 0.437. The first-order chi connectivity index (χ1) is 11.4. The van der Waals surface area contributed by atoms with Crippen LogP contribution in [0.3, 0.4) is 0 Å². The van der Waals surface area contributed by atoms with Crippen molar-refractivity contribution < 1.29 is 30.4 Å². The quantitative estimate of drug-likeness (QED) is 0.596. The van der Waals surface area contributed by atoms with E-state index in [1.807, 2.05) is 0 Å². The van der Waals surface area contributed by atoms with Crippen molar-refractivity contribution in [2.24, 2.45) is 0 Å². The summed E-state index contributed by atoms with van der Waals surface area (Å²) in [5.74, 6) is -3.01. The van der Waals surface area contributed by atoms with Gasteiger partial charge in [-0.15, -0.1) is 0 Å². The lowest BCUT2D eigenvalue weighted by Crippen LogP contribution is -2.30. The van der Waals surface area contributed by atoms with Crippen LogP contribution in [0.5, 0.6) is 0 Å². The Kier molecular flexibility index (Phi) is 7.12. The number of sulfone groups is 3. The molecule has 1 N–H and O–H groups in total. The van der Waals surface area contributed by atoms with Gasteiger partial charge in [-0.1, -0.05) is 31.4 Å². The summed E-state index contributed by atoms with van der Waals surface area (Å²) in [5, 5.41) is 10.2. The molecule has 1 aromatic rings. The highest BCUT2D eigenvalue weighted by atomic mass is 32.2. The van der Waals surface area contributed by atoms with E-state index >= 15 is 0 Å². The van der Waals surface area contributed by atoms with Crippen molar-refractivity contribution in [2.45, 2.75) is 11.0 Å². The second-order valence-corrected chi connectivity index (χ2v) is 11.7. The molecule has 0 saturated carbocycles. The number of benzene rings is 1. The lowest BCUT2D eigenvalue weighted by Gasteiger charge is -2.11. The van der Waals surface area contributed by atoms with Gasteiger partial charge in [-0.05, 0) is 17.7 Å². The zero-order chi connectivity index (χ0) is 19.3. The van der Waals surface area contributed by atoms with Gasteiger partial charge in [0.2, 0.25) is 0 Å². The second kappa shape index (κ2) is 8.26. The van der Waals surface area contributed by atoms with Crippen LogP contribution in [0.4, 0.5) is 0 Å². The topological polar surface area (TPSA) is 123 Å². The van der Waals surface area contributed by atoms with Crippen molar-refractivity contribution in [3.05, 3.63) is 48.4 Å². The first kappa shape index (κ1) is 21.6. The summed E-state index contributed by atoms with van der Waals surface area (Å²) in [6, 6.07) is 5.78. The van der Waals surface area contributed by atoms with E-state index in [9.17, 15) is 30.4 Å². The molecule has 1 unspecified atom stereocenters. The molecule has 0 amide bonds. The van der Waals surface area contributed by atoms with Gasteiger partial charge in [-0.2, -0.15) is 0 Å². The van der Waals surface area contributed by atoms with Crippen LogP contribution in [-0.2, 0) is 29.5 Å². The molecule has 1 atom stereocenters. The minimum atomic E-state index is -3.96. The average Bonchev–Trinajstić information content (AvgIpc) is 2.52. The van der Waals surface area contributed by atoms with Gasteiger partial charge in [0.05, 0.1) is 34.0 Å². The Balaban J connectivity index is 2.76. The molecule has 0 saturated heterocycles. The van der Waals surface area contributed by atoms with Crippen LogP contribution in [0.25, 0.3) is 6.08 Å². The number of rotatable bonds is 10. The number of aliphatic hydroxyl groups is 1. The summed E-state index contributed by atoms with van der Waals surface area (Å²) in [7, 11) is -11.5. The highest BCUT2D eigenvalue weighted by Gasteiger charge is 2.24. The molecule has 0 aliphatic rings. The number of aliphatic hydroxyl groups excluding tert-OH is 1. The fraction of sp³-hybridized carbons (Fsp3) is 0.333. The van der Waals surface area contributed by atoms with Gasteiger partial charge >= 0.3 is 0 Å². The molecule has 0 fully saturated rings. The molecule has 1 aromatic carbocycles. The fourth-order valence-corrected chi connectivity index (χ4v) is 6.42. The summed E-state index contributed by atoms with van der Waals surface area (Å²) in [4.78, 5) is -0.0249. The first-order valence-corrected chi connectivity index (χ1v) is 12.3. The standard InChI is InChI=1S/C15H20O7S3/c1-3-13-5-7-15(8-6-13)25(21,22)10-9-24(19,20)12-14(16)11-23(17,18)4-2/h3-8,14,16H,1-2,9-12H2. The molecule has 0 aromatic heterocycles. The minimum absolute atomic E-state index is 0.0249. The van der Waals surface area contributed by atoms with Crippen molar-refractivity contribution in [2.75, 3.05) is 23.0 Å². The molecule has 25 heavy (non-hydrogen) atoms. The Hall–Kier alpha value is -1.49. The molecule has 140 valence electrons. The van der Waals surface area contributed by atoms with Gasteiger partial charge < -0.3 is 5.11 Å². The van der Waals surface area contributed by atoms with E-state index in [0.717, 1.165) is 5.56 Å². The van der Waals surface area contributed by atoms with Gasteiger partial charge in [-0.3, -0.25) is 0 Å². The van der Waals surface area contributed by atoms with Crippen LogP contribution in [0, 0.1) is 0 Å². The Morgan fingerprint density at radius 3 is 1.96 bits per heavy atom. The molecule has 7 nitrogen and oxygen atoms in total. The Morgan fingerprint density at radius 2 is 1.48 bits per heavy atom. The maximum absolute atomic E-state index is 12.2. The summed E-state index contributed by atoms with van der Waals surface area (Å²) < 4.78 is 70.8. The van der Waals surface area contributed by atoms with E-state index < -0.39 is 58.6 Å². The summed E-state index contributed by atoms with van der Waals surface area (Å²) in [6.45, 7) is 6.61. The van der Waals surface area contributed by atoms with E-state index in [1.165, 1.54) is 24.3 Å². The molecule has 10 heteroatoms. The summed E-state index contributed by atoms with van der Waals surface area (Å²) >= 11 is 0. The fourth-order valence-electron chi connectivity index (χ4n) is 1.93. The average molecular weight is 409 g/mol. The predicted molar refractivity (Wildman–Crippen MR) is 97.2 cm³/mol.